The number of para-hydroxylation sites is 1. The second-order valence-electron chi connectivity index (χ2n) is 4.51. The summed E-state index contributed by atoms with van der Waals surface area (Å²) in [6.07, 6.45) is -0.0568. The van der Waals surface area contributed by atoms with Crippen LogP contribution in [0, 0.1) is 18.3 Å². The van der Waals surface area contributed by atoms with Crippen molar-refractivity contribution in [1.82, 2.24) is 0 Å². The average molecular weight is 266 g/mol. The van der Waals surface area contributed by atoms with E-state index in [1.165, 1.54) is 0 Å². The number of nitrogens with zero attached hydrogens (tertiary/aromatic N) is 1. The molecule has 0 unspecified atom stereocenters. The van der Waals surface area contributed by atoms with Crippen molar-refractivity contribution in [3.8, 4) is 6.07 Å². The van der Waals surface area contributed by atoms with Crippen molar-refractivity contribution >= 4 is 17.3 Å². The Balaban J connectivity index is 2.38. The first kappa shape index (κ1) is 13.6. The van der Waals surface area contributed by atoms with Crippen molar-refractivity contribution in [3.05, 3.63) is 59.2 Å². The molecule has 20 heavy (non-hydrogen) atoms. The van der Waals surface area contributed by atoms with E-state index in [1.54, 1.807) is 18.2 Å². The van der Waals surface area contributed by atoms with Crippen molar-refractivity contribution in [2.24, 2.45) is 0 Å². The number of aliphatic carboxylic acids is 1. The van der Waals surface area contributed by atoms with Crippen molar-refractivity contribution in [3.63, 3.8) is 0 Å². The second kappa shape index (κ2) is 5.89. The molecule has 0 spiro atoms. The molecule has 0 heterocycles. The highest BCUT2D eigenvalue weighted by Crippen LogP contribution is 2.24. The van der Waals surface area contributed by atoms with Crippen molar-refractivity contribution in [2.45, 2.75) is 13.3 Å². The Morgan fingerprint density at radius 1 is 1.25 bits per heavy atom. The zero-order valence-corrected chi connectivity index (χ0v) is 11.1. The predicted octanol–water partition coefficient (Wildman–Crippen LogP) is 3.24. The quantitative estimate of drug-likeness (QED) is 0.891. The van der Waals surface area contributed by atoms with Gasteiger partial charge in [0.15, 0.2) is 0 Å². The third-order valence-electron chi connectivity index (χ3n) is 2.92. The number of benzene rings is 2. The molecule has 0 saturated carbocycles. The van der Waals surface area contributed by atoms with Crippen molar-refractivity contribution in [1.29, 1.82) is 5.26 Å². The zero-order valence-electron chi connectivity index (χ0n) is 11.1. The molecule has 0 saturated heterocycles. The monoisotopic (exact) mass is 266 g/mol. The molecule has 2 N–H and O–H groups in total. The summed E-state index contributed by atoms with van der Waals surface area (Å²) in [5, 5.41) is 21.2. The predicted molar refractivity (Wildman–Crippen MR) is 77.0 cm³/mol. The number of hydrogen-bond acceptors (Lipinski definition) is 3. The number of nitrogens with one attached hydrogen (secondary N) is 1. The molecule has 2 rings (SSSR count). The summed E-state index contributed by atoms with van der Waals surface area (Å²) in [7, 11) is 0. The summed E-state index contributed by atoms with van der Waals surface area (Å²) < 4.78 is 0. The van der Waals surface area contributed by atoms with E-state index in [-0.39, 0.29) is 6.42 Å². The molecule has 0 aromatic heterocycles. The van der Waals surface area contributed by atoms with Crippen LogP contribution < -0.4 is 5.32 Å². The maximum Gasteiger partial charge on any atom is 0.307 e. The van der Waals surface area contributed by atoms with Crippen LogP contribution in [-0.4, -0.2) is 11.1 Å². The van der Waals surface area contributed by atoms with Crippen LogP contribution in [0.3, 0.4) is 0 Å². The highest BCUT2D eigenvalue weighted by molar-refractivity contribution is 5.76. The third-order valence-corrected chi connectivity index (χ3v) is 2.92. The molecule has 4 nitrogen and oxygen atoms in total. The van der Waals surface area contributed by atoms with Gasteiger partial charge in [0.1, 0.15) is 6.07 Å². The van der Waals surface area contributed by atoms with E-state index in [0.717, 1.165) is 5.56 Å². The fourth-order valence-electron chi connectivity index (χ4n) is 1.99. The Morgan fingerprint density at radius 3 is 2.70 bits per heavy atom. The Labute approximate surface area is 117 Å². The molecule has 0 atom stereocenters. The molecule has 4 heteroatoms. The molecule has 0 aliphatic carbocycles. The summed E-state index contributed by atoms with van der Waals surface area (Å²) in [5.74, 6) is -0.882. The van der Waals surface area contributed by atoms with Gasteiger partial charge in [0, 0.05) is 5.69 Å². The molecule has 0 aliphatic heterocycles. The number of carbonyl (C=O) groups is 1. The lowest BCUT2D eigenvalue weighted by molar-refractivity contribution is -0.136. The zero-order chi connectivity index (χ0) is 14.5. The van der Waals surface area contributed by atoms with Crippen LogP contribution in [0.2, 0.25) is 0 Å². The highest BCUT2D eigenvalue weighted by Gasteiger charge is 2.09. The molecule has 0 fully saturated rings. The van der Waals surface area contributed by atoms with E-state index in [2.05, 4.69) is 11.4 Å². The Morgan fingerprint density at radius 2 is 2.00 bits per heavy atom. The number of aryl methyl sites for hydroxylation is 1. The minimum absolute atomic E-state index is 0.0568. The lowest BCUT2D eigenvalue weighted by Crippen LogP contribution is -2.04. The largest absolute Gasteiger partial charge is 0.481 e. The van der Waals surface area contributed by atoms with Crippen LogP contribution in [0.4, 0.5) is 11.4 Å². The van der Waals surface area contributed by atoms with Crippen LogP contribution in [0.1, 0.15) is 16.7 Å². The smallest absolute Gasteiger partial charge is 0.307 e. The fourth-order valence-corrected chi connectivity index (χ4v) is 1.99. The Hall–Kier alpha value is -2.80. The molecule has 0 aliphatic rings. The lowest BCUT2D eigenvalue weighted by atomic mass is 10.1. The van der Waals surface area contributed by atoms with E-state index in [0.29, 0.717) is 22.5 Å². The minimum atomic E-state index is -0.882. The molecule has 100 valence electrons. The molecule has 2 aromatic carbocycles. The minimum Gasteiger partial charge on any atom is -0.481 e. The van der Waals surface area contributed by atoms with Gasteiger partial charge in [-0.15, -0.1) is 0 Å². The van der Waals surface area contributed by atoms with Gasteiger partial charge in [0.25, 0.3) is 0 Å². The fraction of sp³-hybridized carbons (Fsp3) is 0.125. The maximum atomic E-state index is 10.9. The summed E-state index contributed by atoms with van der Waals surface area (Å²) in [6, 6.07) is 14.8. The summed E-state index contributed by atoms with van der Waals surface area (Å²) in [6.45, 7) is 1.92. The molecule has 0 bridgehead atoms. The molecule has 0 radical (unpaired) electrons. The molecular formula is C16H14N2O2. The second-order valence-corrected chi connectivity index (χ2v) is 4.51. The van der Waals surface area contributed by atoms with E-state index in [4.69, 9.17) is 10.4 Å². The first-order valence-corrected chi connectivity index (χ1v) is 6.17. The standard InChI is InChI=1S/C16H14N2O2/c1-11-6-7-15(13(8-11)9-16(19)20)18-14-5-3-2-4-12(14)10-17/h2-8,18H,9H2,1H3,(H,19,20). The first-order chi connectivity index (χ1) is 9.60. The van der Waals surface area contributed by atoms with Gasteiger partial charge >= 0.3 is 5.97 Å². The van der Waals surface area contributed by atoms with E-state index in [9.17, 15) is 4.79 Å². The van der Waals surface area contributed by atoms with Gasteiger partial charge < -0.3 is 10.4 Å². The first-order valence-electron chi connectivity index (χ1n) is 6.17. The third kappa shape index (κ3) is 3.15. The van der Waals surface area contributed by atoms with Crippen LogP contribution in [0.5, 0.6) is 0 Å². The SMILES string of the molecule is Cc1ccc(Nc2ccccc2C#N)c(CC(=O)O)c1. The number of carboxylic acid groups (broad SMARTS) is 1. The number of rotatable bonds is 4. The molecule has 2 aromatic rings. The van der Waals surface area contributed by atoms with Gasteiger partial charge in [-0.2, -0.15) is 5.26 Å². The topological polar surface area (TPSA) is 73.1 Å². The van der Waals surface area contributed by atoms with Crippen LogP contribution in [0.25, 0.3) is 0 Å². The number of carboxylic acids is 1. The van der Waals surface area contributed by atoms with Gasteiger partial charge in [-0.1, -0.05) is 29.8 Å². The molecule has 0 amide bonds. The Kier molecular flexibility index (Phi) is 4.02. The van der Waals surface area contributed by atoms with Crippen molar-refractivity contribution in [2.75, 3.05) is 5.32 Å². The van der Waals surface area contributed by atoms with Crippen LogP contribution in [-0.2, 0) is 11.2 Å². The van der Waals surface area contributed by atoms with Crippen LogP contribution >= 0.6 is 0 Å². The average Bonchev–Trinajstić information content (AvgIpc) is 2.42. The normalized spacial score (nSPS) is 9.80. The number of hydrogen-bond donors (Lipinski definition) is 2. The van der Waals surface area contributed by atoms with Gasteiger partial charge in [-0.25, -0.2) is 0 Å². The van der Waals surface area contributed by atoms with E-state index < -0.39 is 5.97 Å². The van der Waals surface area contributed by atoms with Gasteiger partial charge in [0.05, 0.1) is 17.7 Å². The summed E-state index contributed by atoms with van der Waals surface area (Å²) in [5.41, 5.74) is 3.60. The van der Waals surface area contributed by atoms with Gasteiger partial charge in [-0.3, -0.25) is 4.79 Å². The van der Waals surface area contributed by atoms with Crippen LogP contribution in [0.15, 0.2) is 42.5 Å². The van der Waals surface area contributed by atoms with E-state index in [1.807, 2.05) is 31.2 Å². The summed E-state index contributed by atoms with van der Waals surface area (Å²) in [4.78, 5) is 10.9. The molecular weight excluding hydrogens is 252 g/mol. The number of anilines is 2. The van der Waals surface area contributed by atoms with Crippen molar-refractivity contribution < 1.29 is 9.90 Å². The van der Waals surface area contributed by atoms with E-state index >= 15 is 0 Å². The number of nitriles is 1. The van der Waals surface area contributed by atoms with Gasteiger partial charge in [-0.05, 0) is 30.7 Å². The lowest BCUT2D eigenvalue weighted by Gasteiger charge is -2.13. The highest BCUT2D eigenvalue weighted by atomic mass is 16.4. The Bertz CT molecular complexity index is 687. The summed E-state index contributed by atoms with van der Waals surface area (Å²) >= 11 is 0. The maximum absolute atomic E-state index is 10.9. The van der Waals surface area contributed by atoms with Gasteiger partial charge in [0.2, 0.25) is 0 Å².